The lowest BCUT2D eigenvalue weighted by atomic mass is 9.92. The molecule has 5 aromatic rings. The van der Waals surface area contributed by atoms with Gasteiger partial charge in [0, 0.05) is 17.3 Å². The van der Waals surface area contributed by atoms with E-state index in [1.54, 1.807) is 13.4 Å². The first-order chi connectivity index (χ1) is 17.2. The summed E-state index contributed by atoms with van der Waals surface area (Å²) in [6.45, 7) is 0. The van der Waals surface area contributed by atoms with Crippen molar-refractivity contribution < 1.29 is 9.13 Å². The Labute approximate surface area is 201 Å². The van der Waals surface area contributed by atoms with Gasteiger partial charge in [-0.15, -0.1) is 0 Å². The molecule has 35 heavy (non-hydrogen) atoms. The maximum absolute atomic E-state index is 13.6. The molecular weight excluding hydrogens is 443 g/mol. The highest BCUT2D eigenvalue weighted by atomic mass is 19.1. The van der Waals surface area contributed by atoms with Crippen LogP contribution in [0.1, 0.15) is 29.6 Å². The number of fused-ring (bicyclic) bond motifs is 1. The fourth-order valence-electron chi connectivity index (χ4n) is 4.61. The van der Waals surface area contributed by atoms with Crippen LogP contribution in [0.2, 0.25) is 0 Å². The van der Waals surface area contributed by atoms with Gasteiger partial charge in [-0.2, -0.15) is 15.2 Å². The minimum atomic E-state index is -0.254. The molecular formula is C27H23FN6O. The largest absolute Gasteiger partial charge is 0.497 e. The molecule has 8 heteroatoms. The van der Waals surface area contributed by atoms with Crippen molar-refractivity contribution in [1.82, 2.24) is 24.5 Å². The standard InChI is InChI=1S/C27H23FN6O/c1-35-22-13-9-19(10-14-22)26-23(16-33(32-26)21-5-3-2-4-6-21)25-15-24(18-7-11-20(28)12-8-18)31-27-29-17-30-34(25)27/h2-14,16-17,24-25H,15H2,1H3,(H,29,30,31)/t24-,25+/m0/s1. The normalized spacial score (nSPS) is 17.0. The lowest BCUT2D eigenvalue weighted by Crippen LogP contribution is -2.28. The topological polar surface area (TPSA) is 69.8 Å². The molecule has 0 saturated heterocycles. The summed E-state index contributed by atoms with van der Waals surface area (Å²) >= 11 is 0. The number of hydrogen-bond donors (Lipinski definition) is 1. The predicted molar refractivity (Wildman–Crippen MR) is 131 cm³/mol. The van der Waals surface area contributed by atoms with Crippen molar-refractivity contribution in [2.45, 2.75) is 18.5 Å². The van der Waals surface area contributed by atoms with Crippen LogP contribution < -0.4 is 10.1 Å². The Hall–Kier alpha value is -4.46. The molecule has 0 aliphatic carbocycles. The summed E-state index contributed by atoms with van der Waals surface area (Å²) in [6.07, 6.45) is 4.32. The number of benzene rings is 3. The molecule has 0 spiro atoms. The molecule has 0 fully saturated rings. The molecule has 0 amide bonds. The van der Waals surface area contributed by atoms with Crippen molar-refractivity contribution in [3.05, 3.63) is 108 Å². The molecule has 1 N–H and O–H groups in total. The number of methoxy groups -OCH3 is 1. The summed E-state index contributed by atoms with van der Waals surface area (Å²) in [5.41, 5.74) is 4.83. The number of halogens is 1. The number of nitrogens with one attached hydrogen (secondary N) is 1. The van der Waals surface area contributed by atoms with Crippen LogP contribution in [0.4, 0.5) is 10.3 Å². The van der Waals surface area contributed by atoms with Crippen molar-refractivity contribution in [2.24, 2.45) is 0 Å². The first kappa shape index (κ1) is 21.1. The zero-order valence-corrected chi connectivity index (χ0v) is 19.0. The fraction of sp³-hybridized carbons (Fsp3) is 0.148. The van der Waals surface area contributed by atoms with E-state index in [1.807, 2.05) is 76.1 Å². The molecule has 1 aliphatic rings. The van der Waals surface area contributed by atoms with Gasteiger partial charge in [-0.05, 0) is 60.5 Å². The molecule has 1 aliphatic heterocycles. The molecule has 0 bridgehead atoms. The summed E-state index contributed by atoms with van der Waals surface area (Å²) in [5.74, 6) is 1.20. The number of nitrogens with zero attached hydrogens (tertiary/aromatic N) is 5. The van der Waals surface area contributed by atoms with Crippen molar-refractivity contribution in [3.8, 4) is 22.7 Å². The smallest absolute Gasteiger partial charge is 0.222 e. The van der Waals surface area contributed by atoms with E-state index in [0.717, 1.165) is 33.8 Å². The average Bonchev–Trinajstić information content (AvgIpc) is 3.57. The van der Waals surface area contributed by atoms with Crippen molar-refractivity contribution in [1.29, 1.82) is 0 Å². The molecule has 0 unspecified atom stereocenters. The Kier molecular flexibility index (Phi) is 5.25. The molecule has 3 aromatic carbocycles. The second kappa shape index (κ2) is 8.72. The third kappa shape index (κ3) is 3.93. The van der Waals surface area contributed by atoms with Crippen LogP contribution in [0, 0.1) is 5.82 Å². The van der Waals surface area contributed by atoms with Crippen LogP contribution in [0.5, 0.6) is 5.75 Å². The van der Waals surface area contributed by atoms with Gasteiger partial charge in [0.15, 0.2) is 0 Å². The second-order valence-electron chi connectivity index (χ2n) is 8.47. The monoisotopic (exact) mass is 466 g/mol. The average molecular weight is 467 g/mol. The van der Waals surface area contributed by atoms with E-state index in [-0.39, 0.29) is 17.9 Å². The highest BCUT2D eigenvalue weighted by molar-refractivity contribution is 5.65. The minimum Gasteiger partial charge on any atom is -0.497 e. The van der Waals surface area contributed by atoms with Crippen molar-refractivity contribution in [2.75, 3.05) is 12.4 Å². The number of ether oxygens (including phenoxy) is 1. The third-order valence-corrected chi connectivity index (χ3v) is 6.39. The minimum absolute atomic E-state index is 0.0545. The van der Waals surface area contributed by atoms with Gasteiger partial charge < -0.3 is 10.1 Å². The van der Waals surface area contributed by atoms with Crippen LogP contribution in [-0.4, -0.2) is 31.7 Å². The van der Waals surface area contributed by atoms with E-state index in [1.165, 1.54) is 12.1 Å². The zero-order valence-electron chi connectivity index (χ0n) is 19.0. The van der Waals surface area contributed by atoms with Crippen LogP contribution >= 0.6 is 0 Å². The summed E-state index contributed by atoms with van der Waals surface area (Å²) in [7, 11) is 1.65. The third-order valence-electron chi connectivity index (χ3n) is 6.39. The highest BCUT2D eigenvalue weighted by Crippen LogP contribution is 2.41. The first-order valence-corrected chi connectivity index (χ1v) is 11.4. The van der Waals surface area contributed by atoms with E-state index >= 15 is 0 Å². The molecule has 7 nitrogen and oxygen atoms in total. The van der Waals surface area contributed by atoms with Crippen LogP contribution in [0.15, 0.2) is 91.4 Å². The Morgan fingerprint density at radius 1 is 0.971 bits per heavy atom. The van der Waals surface area contributed by atoms with Gasteiger partial charge in [-0.3, -0.25) is 0 Å². The van der Waals surface area contributed by atoms with Gasteiger partial charge in [0.2, 0.25) is 5.95 Å². The molecule has 2 atom stereocenters. The maximum atomic E-state index is 13.6. The molecule has 6 rings (SSSR count). The van der Waals surface area contributed by atoms with Gasteiger partial charge in [0.1, 0.15) is 17.9 Å². The SMILES string of the molecule is COc1ccc(-c2nn(-c3ccccc3)cc2[C@H]2C[C@@H](c3ccc(F)cc3)Nc3ncnn32)cc1. The predicted octanol–water partition coefficient (Wildman–Crippen LogP) is 5.42. The van der Waals surface area contributed by atoms with Gasteiger partial charge in [0.25, 0.3) is 0 Å². The Morgan fingerprint density at radius 2 is 1.74 bits per heavy atom. The lowest BCUT2D eigenvalue weighted by Gasteiger charge is -2.31. The number of rotatable bonds is 5. The fourth-order valence-corrected chi connectivity index (χ4v) is 4.61. The Balaban J connectivity index is 1.48. The van der Waals surface area contributed by atoms with Crippen LogP contribution in [0.3, 0.4) is 0 Å². The summed E-state index contributed by atoms with van der Waals surface area (Å²) in [4.78, 5) is 4.44. The Morgan fingerprint density at radius 3 is 2.49 bits per heavy atom. The van der Waals surface area contributed by atoms with E-state index in [0.29, 0.717) is 12.4 Å². The molecule has 0 radical (unpaired) electrons. The van der Waals surface area contributed by atoms with E-state index in [4.69, 9.17) is 9.84 Å². The first-order valence-electron chi connectivity index (χ1n) is 11.4. The van der Waals surface area contributed by atoms with E-state index in [9.17, 15) is 4.39 Å². The number of hydrogen-bond acceptors (Lipinski definition) is 5. The second-order valence-corrected chi connectivity index (χ2v) is 8.47. The van der Waals surface area contributed by atoms with Crippen molar-refractivity contribution >= 4 is 5.95 Å². The number of anilines is 1. The van der Waals surface area contributed by atoms with Crippen LogP contribution in [0.25, 0.3) is 16.9 Å². The maximum Gasteiger partial charge on any atom is 0.222 e. The number of aromatic nitrogens is 5. The molecule has 0 saturated carbocycles. The number of para-hydroxylation sites is 1. The highest BCUT2D eigenvalue weighted by Gasteiger charge is 2.33. The van der Waals surface area contributed by atoms with Crippen molar-refractivity contribution in [3.63, 3.8) is 0 Å². The summed E-state index contributed by atoms with van der Waals surface area (Å²) in [5, 5.41) is 13.0. The summed E-state index contributed by atoms with van der Waals surface area (Å²) < 4.78 is 22.7. The molecule has 2 aromatic heterocycles. The van der Waals surface area contributed by atoms with E-state index < -0.39 is 0 Å². The van der Waals surface area contributed by atoms with Gasteiger partial charge >= 0.3 is 0 Å². The molecule has 3 heterocycles. The zero-order chi connectivity index (χ0) is 23.8. The lowest BCUT2D eigenvalue weighted by molar-refractivity contribution is 0.415. The van der Waals surface area contributed by atoms with Gasteiger partial charge in [0.05, 0.1) is 30.6 Å². The molecule has 174 valence electrons. The summed E-state index contributed by atoms with van der Waals surface area (Å²) in [6, 6.07) is 24.4. The van der Waals surface area contributed by atoms with Gasteiger partial charge in [-0.25, -0.2) is 13.8 Å². The van der Waals surface area contributed by atoms with E-state index in [2.05, 4.69) is 21.6 Å². The van der Waals surface area contributed by atoms with Crippen LogP contribution in [-0.2, 0) is 0 Å². The van der Waals surface area contributed by atoms with Gasteiger partial charge in [-0.1, -0.05) is 30.3 Å². The Bertz CT molecular complexity index is 1440. The quantitative estimate of drug-likeness (QED) is 0.374.